The third-order valence-corrected chi connectivity index (χ3v) is 3.56. The second-order valence-corrected chi connectivity index (χ2v) is 4.60. The molecule has 3 fully saturated rings. The fourth-order valence-corrected chi connectivity index (χ4v) is 2.60. The largest absolute Gasteiger partial charge is 0.381 e. The summed E-state index contributed by atoms with van der Waals surface area (Å²) in [6, 6.07) is 0.344. The van der Waals surface area contributed by atoms with E-state index in [-0.39, 0.29) is 11.8 Å². The van der Waals surface area contributed by atoms with Gasteiger partial charge in [-0.15, -0.1) is 0 Å². The molecule has 3 heterocycles. The fraction of sp³-hybridized carbons (Fsp3) is 0.900. The molecular formula is C10H16N2O3. The van der Waals surface area contributed by atoms with Crippen LogP contribution in [0.1, 0.15) is 6.42 Å². The minimum absolute atomic E-state index is 0.102. The van der Waals surface area contributed by atoms with Crippen LogP contribution >= 0.6 is 0 Å². The summed E-state index contributed by atoms with van der Waals surface area (Å²) < 4.78 is 5.24. The lowest BCUT2D eigenvalue weighted by Crippen LogP contribution is -2.37. The van der Waals surface area contributed by atoms with Gasteiger partial charge in [-0.1, -0.05) is 0 Å². The number of hydroxylamine groups is 1. The van der Waals surface area contributed by atoms with Crippen LogP contribution in [-0.2, 0) is 14.4 Å². The number of carbonyl (C=O) groups is 1. The molecule has 5 nitrogen and oxygen atoms in total. The summed E-state index contributed by atoms with van der Waals surface area (Å²) in [4.78, 5) is 19.2. The molecular weight excluding hydrogens is 196 g/mol. The van der Waals surface area contributed by atoms with Gasteiger partial charge in [-0.05, 0) is 6.42 Å². The number of hydrogen-bond donors (Lipinski definition) is 1. The Bertz CT molecular complexity index is 253. The number of carbonyl (C=O) groups excluding carboxylic acids is 1. The van der Waals surface area contributed by atoms with Crippen LogP contribution in [0.2, 0.25) is 0 Å². The van der Waals surface area contributed by atoms with E-state index in [2.05, 4.69) is 5.48 Å². The van der Waals surface area contributed by atoms with Crippen molar-refractivity contribution in [1.82, 2.24) is 10.4 Å². The van der Waals surface area contributed by atoms with Gasteiger partial charge in [0.1, 0.15) is 0 Å². The van der Waals surface area contributed by atoms with Crippen molar-refractivity contribution in [3.8, 4) is 0 Å². The van der Waals surface area contributed by atoms with Crippen LogP contribution in [0.3, 0.4) is 0 Å². The molecule has 0 bridgehead atoms. The average molecular weight is 212 g/mol. The van der Waals surface area contributed by atoms with Crippen molar-refractivity contribution in [1.29, 1.82) is 0 Å². The number of ether oxygens (including phenoxy) is 1. The summed E-state index contributed by atoms with van der Waals surface area (Å²) in [5.41, 5.74) is 2.97. The first-order chi connectivity index (χ1) is 7.34. The van der Waals surface area contributed by atoms with Crippen molar-refractivity contribution < 1.29 is 14.4 Å². The molecule has 0 radical (unpaired) electrons. The Morgan fingerprint density at radius 1 is 1.33 bits per heavy atom. The van der Waals surface area contributed by atoms with E-state index in [1.54, 1.807) is 0 Å². The Hall–Kier alpha value is -0.650. The van der Waals surface area contributed by atoms with Crippen molar-refractivity contribution in [3.63, 3.8) is 0 Å². The van der Waals surface area contributed by atoms with Gasteiger partial charge in [0.05, 0.1) is 25.2 Å². The maximum atomic E-state index is 12.1. The smallest absolute Gasteiger partial charge is 0.228 e. The Morgan fingerprint density at radius 2 is 2.27 bits per heavy atom. The average Bonchev–Trinajstić information content (AvgIpc) is 2.92. The van der Waals surface area contributed by atoms with Gasteiger partial charge in [-0.25, -0.2) is 0 Å². The number of nitrogens with one attached hydrogen (secondary N) is 1. The van der Waals surface area contributed by atoms with E-state index in [1.165, 1.54) is 0 Å². The summed E-state index contributed by atoms with van der Waals surface area (Å²) in [7, 11) is 0. The molecule has 0 saturated carbocycles. The predicted octanol–water partition coefficient (Wildman–Crippen LogP) is -0.615. The Labute approximate surface area is 88.7 Å². The first kappa shape index (κ1) is 9.57. The van der Waals surface area contributed by atoms with E-state index >= 15 is 0 Å². The van der Waals surface area contributed by atoms with Crippen LogP contribution in [-0.4, -0.2) is 49.8 Å². The first-order valence-electron chi connectivity index (χ1n) is 5.58. The van der Waals surface area contributed by atoms with Crippen molar-refractivity contribution in [2.75, 3.05) is 32.9 Å². The number of fused-ring (bicyclic) bond motifs is 1. The maximum Gasteiger partial charge on any atom is 0.228 e. The SMILES string of the molecule is O=C([C@@H]1CCOC1)N1C[C@@H]2CON[C@@H]2C1. The van der Waals surface area contributed by atoms with Crippen LogP contribution in [0.4, 0.5) is 0 Å². The molecule has 3 atom stereocenters. The van der Waals surface area contributed by atoms with Gasteiger partial charge >= 0.3 is 0 Å². The maximum absolute atomic E-state index is 12.1. The van der Waals surface area contributed by atoms with Gasteiger partial charge in [0, 0.05) is 25.6 Å². The van der Waals surface area contributed by atoms with Crippen LogP contribution in [0, 0.1) is 11.8 Å². The number of rotatable bonds is 1. The van der Waals surface area contributed by atoms with E-state index < -0.39 is 0 Å². The zero-order valence-electron chi connectivity index (χ0n) is 8.65. The van der Waals surface area contributed by atoms with Gasteiger partial charge in [-0.2, -0.15) is 5.48 Å². The van der Waals surface area contributed by atoms with Crippen molar-refractivity contribution >= 4 is 5.91 Å². The molecule has 1 N–H and O–H groups in total. The van der Waals surface area contributed by atoms with E-state index in [0.29, 0.717) is 18.6 Å². The van der Waals surface area contributed by atoms with Gasteiger partial charge in [-0.3, -0.25) is 4.79 Å². The molecule has 3 aliphatic heterocycles. The predicted molar refractivity (Wildman–Crippen MR) is 51.9 cm³/mol. The molecule has 84 valence electrons. The summed E-state index contributed by atoms with van der Waals surface area (Å²) in [5, 5.41) is 0. The lowest BCUT2D eigenvalue weighted by Gasteiger charge is -2.20. The molecule has 0 aromatic carbocycles. The zero-order valence-corrected chi connectivity index (χ0v) is 8.65. The topological polar surface area (TPSA) is 50.8 Å². The van der Waals surface area contributed by atoms with Crippen LogP contribution in [0.25, 0.3) is 0 Å². The molecule has 0 aromatic heterocycles. The standard InChI is InChI=1S/C10H16N2O3/c13-10(7-1-2-14-5-7)12-3-8-6-15-11-9(8)4-12/h7-9,11H,1-6H2/t7-,8-,9-/m1/s1. The highest BCUT2D eigenvalue weighted by atomic mass is 16.7. The molecule has 0 unspecified atom stereocenters. The Balaban J connectivity index is 1.61. The molecule has 0 spiro atoms. The monoisotopic (exact) mass is 212 g/mol. The minimum Gasteiger partial charge on any atom is -0.381 e. The molecule has 0 aromatic rings. The Morgan fingerprint density at radius 3 is 3.00 bits per heavy atom. The highest BCUT2D eigenvalue weighted by molar-refractivity contribution is 5.79. The fourth-order valence-electron chi connectivity index (χ4n) is 2.60. The summed E-state index contributed by atoms with van der Waals surface area (Å²) in [6.45, 7) is 3.70. The van der Waals surface area contributed by atoms with Crippen LogP contribution < -0.4 is 5.48 Å². The van der Waals surface area contributed by atoms with Crippen LogP contribution in [0.5, 0.6) is 0 Å². The van der Waals surface area contributed by atoms with Crippen LogP contribution in [0.15, 0.2) is 0 Å². The minimum atomic E-state index is 0.102. The molecule has 15 heavy (non-hydrogen) atoms. The van der Waals surface area contributed by atoms with Crippen molar-refractivity contribution in [2.45, 2.75) is 12.5 Å². The van der Waals surface area contributed by atoms with Gasteiger partial charge in [0.25, 0.3) is 0 Å². The highest BCUT2D eigenvalue weighted by Crippen LogP contribution is 2.25. The van der Waals surface area contributed by atoms with Crippen molar-refractivity contribution in [3.05, 3.63) is 0 Å². The molecule has 3 saturated heterocycles. The van der Waals surface area contributed by atoms with Gasteiger partial charge in [0.15, 0.2) is 0 Å². The summed E-state index contributed by atoms with van der Waals surface area (Å²) in [6.07, 6.45) is 0.884. The second kappa shape index (κ2) is 3.73. The third kappa shape index (κ3) is 1.64. The molecule has 1 amide bonds. The Kier molecular flexibility index (Phi) is 2.38. The number of hydrogen-bond acceptors (Lipinski definition) is 4. The highest BCUT2D eigenvalue weighted by Gasteiger charge is 2.41. The van der Waals surface area contributed by atoms with Crippen molar-refractivity contribution in [2.24, 2.45) is 11.8 Å². The zero-order chi connectivity index (χ0) is 10.3. The van der Waals surface area contributed by atoms with E-state index in [4.69, 9.17) is 9.57 Å². The number of nitrogens with zero attached hydrogens (tertiary/aromatic N) is 1. The number of likely N-dealkylation sites (tertiary alicyclic amines) is 1. The molecule has 5 heteroatoms. The first-order valence-corrected chi connectivity index (χ1v) is 5.58. The summed E-state index contributed by atoms with van der Waals surface area (Å²) in [5.74, 6) is 0.852. The lowest BCUT2D eigenvalue weighted by atomic mass is 10.1. The third-order valence-electron chi connectivity index (χ3n) is 3.56. The summed E-state index contributed by atoms with van der Waals surface area (Å²) >= 11 is 0. The van der Waals surface area contributed by atoms with Gasteiger partial charge < -0.3 is 14.5 Å². The second-order valence-electron chi connectivity index (χ2n) is 4.60. The molecule has 0 aliphatic carbocycles. The normalized spacial score (nSPS) is 39.7. The quantitative estimate of drug-likeness (QED) is 0.629. The van der Waals surface area contributed by atoms with E-state index in [1.807, 2.05) is 4.90 Å². The lowest BCUT2D eigenvalue weighted by molar-refractivity contribution is -0.135. The molecule has 3 rings (SSSR count). The van der Waals surface area contributed by atoms with E-state index in [0.717, 1.165) is 32.7 Å². The number of amides is 1. The van der Waals surface area contributed by atoms with Gasteiger partial charge in [0.2, 0.25) is 5.91 Å². The van der Waals surface area contributed by atoms with E-state index in [9.17, 15) is 4.79 Å². The molecule has 3 aliphatic rings.